The zero-order valence-electron chi connectivity index (χ0n) is 9.37. The summed E-state index contributed by atoms with van der Waals surface area (Å²) in [7, 11) is 3.80. The van der Waals surface area contributed by atoms with Gasteiger partial charge in [0.05, 0.1) is 7.11 Å². The van der Waals surface area contributed by atoms with E-state index in [1.54, 1.807) is 7.11 Å². The van der Waals surface area contributed by atoms with Gasteiger partial charge in [-0.1, -0.05) is 18.2 Å². The molecule has 2 nitrogen and oxygen atoms in total. The van der Waals surface area contributed by atoms with Crippen molar-refractivity contribution >= 4 is 11.6 Å². The number of ether oxygens (including phenoxy) is 1. The first kappa shape index (κ1) is 12.3. The van der Waals surface area contributed by atoms with Crippen LogP contribution >= 0.6 is 11.6 Å². The van der Waals surface area contributed by atoms with Gasteiger partial charge < -0.3 is 9.64 Å². The number of hydrogen-bond donors (Lipinski definition) is 0. The monoisotopic (exact) mass is 227 g/mol. The Bertz CT molecular complexity index is 291. The van der Waals surface area contributed by atoms with Gasteiger partial charge in [0, 0.05) is 18.0 Å². The Morgan fingerprint density at radius 1 is 1.33 bits per heavy atom. The first-order valence-electron chi connectivity index (χ1n) is 5.14. The van der Waals surface area contributed by atoms with E-state index in [-0.39, 0.29) is 0 Å². The van der Waals surface area contributed by atoms with Crippen LogP contribution in [-0.4, -0.2) is 31.5 Å². The molecule has 0 amide bonds. The highest BCUT2D eigenvalue weighted by Crippen LogP contribution is 2.18. The van der Waals surface area contributed by atoms with E-state index < -0.39 is 0 Å². The maximum atomic E-state index is 5.66. The van der Waals surface area contributed by atoms with Crippen LogP contribution < -0.4 is 4.74 Å². The molecule has 0 saturated carbocycles. The Morgan fingerprint density at radius 3 is 2.73 bits per heavy atom. The first-order valence-corrected chi connectivity index (χ1v) is 5.67. The van der Waals surface area contributed by atoms with Crippen molar-refractivity contribution in [2.45, 2.75) is 13.0 Å². The fourth-order valence-electron chi connectivity index (χ4n) is 1.53. The van der Waals surface area contributed by atoms with Crippen LogP contribution in [0.2, 0.25) is 0 Å². The first-order chi connectivity index (χ1) is 7.27. The van der Waals surface area contributed by atoms with Gasteiger partial charge >= 0.3 is 0 Å². The number of nitrogens with zero attached hydrogens (tertiary/aromatic N) is 1. The average Bonchev–Trinajstić information content (AvgIpc) is 2.27. The summed E-state index contributed by atoms with van der Waals surface area (Å²) < 4.78 is 5.30. The summed E-state index contributed by atoms with van der Waals surface area (Å²) in [5, 5.41) is 0. The highest BCUT2D eigenvalue weighted by atomic mass is 35.5. The zero-order valence-corrected chi connectivity index (χ0v) is 10.1. The van der Waals surface area contributed by atoms with Gasteiger partial charge in [-0.2, -0.15) is 0 Å². The van der Waals surface area contributed by atoms with Gasteiger partial charge in [-0.3, -0.25) is 0 Å². The molecule has 0 saturated heterocycles. The van der Waals surface area contributed by atoms with E-state index in [0.717, 1.165) is 31.1 Å². The summed E-state index contributed by atoms with van der Waals surface area (Å²) in [4.78, 5) is 2.25. The molecule has 0 spiro atoms. The second kappa shape index (κ2) is 6.70. The molecule has 0 heterocycles. The van der Waals surface area contributed by atoms with Crippen LogP contribution in [0.5, 0.6) is 5.75 Å². The summed E-state index contributed by atoms with van der Waals surface area (Å²) in [6.07, 6.45) is 1.02. The lowest BCUT2D eigenvalue weighted by atomic mass is 10.2. The fourth-order valence-corrected chi connectivity index (χ4v) is 1.65. The van der Waals surface area contributed by atoms with Crippen molar-refractivity contribution in [2.24, 2.45) is 0 Å². The summed E-state index contributed by atoms with van der Waals surface area (Å²) in [5.41, 5.74) is 1.22. The molecule has 84 valence electrons. The normalized spacial score (nSPS) is 10.7. The van der Waals surface area contributed by atoms with Gasteiger partial charge in [0.1, 0.15) is 5.75 Å². The molecule has 0 fully saturated rings. The lowest BCUT2D eigenvalue weighted by Gasteiger charge is -2.17. The van der Waals surface area contributed by atoms with Crippen LogP contribution in [0.4, 0.5) is 0 Å². The minimum atomic E-state index is 0.719. The third-order valence-corrected chi connectivity index (χ3v) is 2.57. The molecular formula is C12H18ClNO. The lowest BCUT2D eigenvalue weighted by molar-refractivity contribution is 0.318. The SMILES string of the molecule is COc1ccccc1CN(C)CCCCl. The van der Waals surface area contributed by atoms with Crippen molar-refractivity contribution in [1.29, 1.82) is 0 Å². The highest BCUT2D eigenvalue weighted by Gasteiger charge is 2.04. The number of benzene rings is 1. The van der Waals surface area contributed by atoms with Crippen molar-refractivity contribution in [1.82, 2.24) is 4.90 Å². The summed E-state index contributed by atoms with van der Waals surface area (Å²) in [6, 6.07) is 8.11. The van der Waals surface area contributed by atoms with Crippen LogP contribution in [0.3, 0.4) is 0 Å². The average molecular weight is 228 g/mol. The smallest absolute Gasteiger partial charge is 0.123 e. The van der Waals surface area contributed by atoms with Gasteiger partial charge in [0.2, 0.25) is 0 Å². The molecule has 1 aromatic rings. The van der Waals surface area contributed by atoms with Crippen LogP contribution in [0.25, 0.3) is 0 Å². The Labute approximate surface area is 96.8 Å². The predicted octanol–water partition coefficient (Wildman–Crippen LogP) is 2.76. The van der Waals surface area contributed by atoms with Gasteiger partial charge in [-0.15, -0.1) is 11.6 Å². The van der Waals surface area contributed by atoms with E-state index in [9.17, 15) is 0 Å². The standard InChI is InChI=1S/C12H18ClNO/c1-14(9-5-8-13)10-11-6-3-4-7-12(11)15-2/h3-4,6-7H,5,8-10H2,1-2H3. The molecule has 1 aromatic carbocycles. The van der Waals surface area contributed by atoms with Gasteiger partial charge in [-0.05, 0) is 26.1 Å². The number of para-hydroxylation sites is 1. The van der Waals surface area contributed by atoms with Crippen LogP contribution in [-0.2, 0) is 6.54 Å². The van der Waals surface area contributed by atoms with Crippen molar-refractivity contribution in [3.63, 3.8) is 0 Å². The van der Waals surface area contributed by atoms with Crippen molar-refractivity contribution in [3.05, 3.63) is 29.8 Å². The summed E-state index contributed by atoms with van der Waals surface area (Å²) >= 11 is 5.66. The second-order valence-electron chi connectivity index (χ2n) is 3.59. The van der Waals surface area contributed by atoms with Crippen molar-refractivity contribution in [2.75, 3.05) is 26.6 Å². The highest BCUT2D eigenvalue weighted by molar-refractivity contribution is 6.17. The number of halogens is 1. The topological polar surface area (TPSA) is 12.5 Å². The van der Waals surface area contributed by atoms with Crippen LogP contribution in [0, 0.1) is 0 Å². The molecule has 0 radical (unpaired) electrons. The number of hydrogen-bond acceptors (Lipinski definition) is 2. The molecule has 0 atom stereocenters. The molecule has 0 aliphatic rings. The molecule has 0 bridgehead atoms. The number of alkyl halides is 1. The summed E-state index contributed by atoms with van der Waals surface area (Å²) in [6.45, 7) is 1.92. The maximum Gasteiger partial charge on any atom is 0.123 e. The molecule has 0 N–H and O–H groups in total. The number of methoxy groups -OCH3 is 1. The quantitative estimate of drug-likeness (QED) is 0.693. The zero-order chi connectivity index (χ0) is 11.1. The molecule has 15 heavy (non-hydrogen) atoms. The van der Waals surface area contributed by atoms with Gasteiger partial charge in [-0.25, -0.2) is 0 Å². The molecule has 0 aromatic heterocycles. The van der Waals surface area contributed by atoms with E-state index in [4.69, 9.17) is 16.3 Å². The molecule has 0 aliphatic heterocycles. The van der Waals surface area contributed by atoms with Crippen LogP contribution in [0.15, 0.2) is 24.3 Å². The minimum Gasteiger partial charge on any atom is -0.496 e. The number of rotatable bonds is 6. The predicted molar refractivity (Wildman–Crippen MR) is 64.7 cm³/mol. The van der Waals surface area contributed by atoms with Crippen LogP contribution in [0.1, 0.15) is 12.0 Å². The Hall–Kier alpha value is -0.730. The fraction of sp³-hybridized carbons (Fsp3) is 0.500. The molecule has 3 heteroatoms. The van der Waals surface area contributed by atoms with Gasteiger partial charge in [0.25, 0.3) is 0 Å². The van der Waals surface area contributed by atoms with Crippen molar-refractivity contribution in [3.8, 4) is 5.75 Å². The summed E-state index contributed by atoms with van der Waals surface area (Å²) in [5.74, 6) is 1.67. The van der Waals surface area contributed by atoms with E-state index in [1.165, 1.54) is 5.56 Å². The Kier molecular flexibility index (Phi) is 5.51. The van der Waals surface area contributed by atoms with Gasteiger partial charge in [0.15, 0.2) is 0 Å². The lowest BCUT2D eigenvalue weighted by Crippen LogP contribution is -2.19. The van der Waals surface area contributed by atoms with E-state index in [1.807, 2.05) is 18.2 Å². The molecule has 0 aliphatic carbocycles. The minimum absolute atomic E-state index is 0.719. The molecular weight excluding hydrogens is 210 g/mol. The Morgan fingerprint density at radius 2 is 2.07 bits per heavy atom. The third-order valence-electron chi connectivity index (χ3n) is 2.31. The Balaban J connectivity index is 2.55. The van der Waals surface area contributed by atoms with E-state index in [0.29, 0.717) is 0 Å². The van der Waals surface area contributed by atoms with E-state index >= 15 is 0 Å². The third kappa shape index (κ3) is 4.10. The maximum absolute atomic E-state index is 5.66. The molecule has 1 rings (SSSR count). The molecule has 0 unspecified atom stereocenters. The van der Waals surface area contributed by atoms with Crippen molar-refractivity contribution < 1.29 is 4.74 Å². The second-order valence-corrected chi connectivity index (χ2v) is 3.97. The largest absolute Gasteiger partial charge is 0.496 e. The van der Waals surface area contributed by atoms with E-state index in [2.05, 4.69) is 18.0 Å².